The smallest absolute Gasteiger partial charge is 0.344 e. The van der Waals surface area contributed by atoms with Gasteiger partial charge in [-0.05, 0) is 18.7 Å². The number of benzene rings is 1. The summed E-state index contributed by atoms with van der Waals surface area (Å²) in [5.41, 5.74) is 7.48. The van der Waals surface area contributed by atoms with Crippen LogP contribution >= 0.6 is 11.8 Å². The van der Waals surface area contributed by atoms with Gasteiger partial charge in [-0.15, -0.1) is 11.8 Å². The largest absolute Gasteiger partial charge is 0.462 e. The average Bonchev–Trinajstić information content (AvgIpc) is 2.77. The maximum absolute atomic E-state index is 11.9. The van der Waals surface area contributed by atoms with Crippen molar-refractivity contribution in [1.82, 2.24) is 9.78 Å². The number of rotatable bonds is 5. The molecule has 0 spiro atoms. The van der Waals surface area contributed by atoms with E-state index in [1.165, 1.54) is 11.8 Å². The van der Waals surface area contributed by atoms with E-state index in [2.05, 4.69) is 5.10 Å². The summed E-state index contributed by atoms with van der Waals surface area (Å²) in [5, 5.41) is 4.97. The second-order valence-electron chi connectivity index (χ2n) is 4.13. The molecule has 6 heteroatoms. The van der Waals surface area contributed by atoms with Crippen molar-refractivity contribution in [2.24, 2.45) is 0 Å². The van der Waals surface area contributed by atoms with Crippen molar-refractivity contribution in [1.29, 1.82) is 0 Å². The molecule has 0 radical (unpaired) electrons. The second-order valence-corrected chi connectivity index (χ2v) is 4.93. The van der Waals surface area contributed by atoms with E-state index in [9.17, 15) is 4.79 Å². The molecule has 20 heavy (non-hydrogen) atoms. The highest BCUT2D eigenvalue weighted by Gasteiger charge is 2.22. The molecule has 5 nitrogen and oxygen atoms in total. The van der Waals surface area contributed by atoms with Crippen LogP contribution in [0.15, 0.2) is 35.4 Å². The lowest BCUT2D eigenvalue weighted by Crippen LogP contribution is -2.10. The van der Waals surface area contributed by atoms with Gasteiger partial charge in [0.25, 0.3) is 0 Å². The molecule has 1 heterocycles. The van der Waals surface area contributed by atoms with Gasteiger partial charge in [0, 0.05) is 0 Å². The summed E-state index contributed by atoms with van der Waals surface area (Å²) in [5.74, 6) is -0.0784. The van der Waals surface area contributed by atoms with Gasteiger partial charge >= 0.3 is 5.97 Å². The maximum Gasteiger partial charge on any atom is 0.344 e. The molecular weight excluding hydrogens is 274 g/mol. The van der Waals surface area contributed by atoms with Crippen molar-refractivity contribution in [2.45, 2.75) is 18.5 Å². The first kappa shape index (κ1) is 14.5. The zero-order chi connectivity index (χ0) is 14.5. The number of nitrogens with zero attached hydrogens (tertiary/aromatic N) is 2. The van der Waals surface area contributed by atoms with E-state index in [1.54, 1.807) is 11.6 Å². The highest BCUT2D eigenvalue weighted by molar-refractivity contribution is 7.98. The third kappa shape index (κ3) is 2.96. The Labute approximate surface area is 122 Å². The summed E-state index contributed by atoms with van der Waals surface area (Å²) in [6.07, 6.45) is 1.86. The van der Waals surface area contributed by atoms with Crippen molar-refractivity contribution in [3.05, 3.63) is 41.5 Å². The van der Waals surface area contributed by atoms with Crippen molar-refractivity contribution in [3.8, 4) is 0 Å². The first-order chi connectivity index (χ1) is 9.67. The summed E-state index contributed by atoms with van der Waals surface area (Å²) < 4.78 is 6.66. The van der Waals surface area contributed by atoms with E-state index in [4.69, 9.17) is 10.5 Å². The number of carbonyl (C=O) groups excluding carboxylic acids is 1. The molecule has 1 aromatic carbocycles. The predicted octanol–water partition coefficient (Wildman–Crippen LogP) is 2.41. The minimum Gasteiger partial charge on any atom is -0.462 e. The number of ether oxygens (including phenoxy) is 1. The normalized spacial score (nSPS) is 10.5. The van der Waals surface area contributed by atoms with Gasteiger partial charge in [-0.1, -0.05) is 30.3 Å². The molecule has 2 rings (SSSR count). The van der Waals surface area contributed by atoms with Crippen LogP contribution in [-0.4, -0.2) is 28.6 Å². The van der Waals surface area contributed by atoms with Gasteiger partial charge in [0.15, 0.2) is 0 Å². The summed E-state index contributed by atoms with van der Waals surface area (Å²) in [4.78, 5) is 11.9. The van der Waals surface area contributed by atoms with Crippen molar-refractivity contribution >= 4 is 23.5 Å². The molecular formula is C14H17N3O2S. The number of aromatic nitrogens is 2. The lowest BCUT2D eigenvalue weighted by molar-refractivity contribution is 0.0523. The van der Waals surface area contributed by atoms with Crippen molar-refractivity contribution in [3.63, 3.8) is 0 Å². The highest BCUT2D eigenvalue weighted by Crippen LogP contribution is 2.26. The van der Waals surface area contributed by atoms with Gasteiger partial charge in [-0.3, -0.25) is 0 Å². The summed E-state index contributed by atoms with van der Waals surface area (Å²) in [6, 6.07) is 9.84. The van der Waals surface area contributed by atoms with Crippen LogP contribution in [0.1, 0.15) is 22.8 Å². The molecule has 0 aliphatic carbocycles. The molecule has 2 aromatic rings. The van der Waals surface area contributed by atoms with Crippen LogP contribution in [0.3, 0.4) is 0 Å². The van der Waals surface area contributed by atoms with E-state index >= 15 is 0 Å². The van der Waals surface area contributed by atoms with Gasteiger partial charge in [0.1, 0.15) is 16.4 Å². The Balaban J connectivity index is 2.33. The first-order valence-corrected chi connectivity index (χ1v) is 7.51. The maximum atomic E-state index is 11.9. The Morgan fingerprint density at radius 2 is 2.10 bits per heavy atom. The van der Waals surface area contributed by atoms with Gasteiger partial charge in [0.05, 0.1) is 13.2 Å². The molecule has 0 saturated heterocycles. The summed E-state index contributed by atoms with van der Waals surface area (Å²) >= 11 is 1.38. The van der Waals surface area contributed by atoms with Crippen LogP contribution in [0.4, 0.5) is 5.82 Å². The predicted molar refractivity (Wildman–Crippen MR) is 79.9 cm³/mol. The third-order valence-electron chi connectivity index (χ3n) is 2.81. The van der Waals surface area contributed by atoms with Gasteiger partial charge in [-0.25, -0.2) is 9.48 Å². The molecule has 0 bridgehead atoms. The van der Waals surface area contributed by atoms with Crippen molar-refractivity contribution < 1.29 is 9.53 Å². The molecule has 0 aliphatic rings. The Bertz CT molecular complexity index is 596. The van der Waals surface area contributed by atoms with Crippen LogP contribution < -0.4 is 5.73 Å². The fourth-order valence-corrected chi connectivity index (χ4v) is 2.44. The molecule has 2 N–H and O–H groups in total. The van der Waals surface area contributed by atoms with Crippen LogP contribution in [0.25, 0.3) is 0 Å². The van der Waals surface area contributed by atoms with E-state index in [-0.39, 0.29) is 0 Å². The lowest BCUT2D eigenvalue weighted by atomic mass is 10.2. The molecule has 0 saturated carbocycles. The zero-order valence-corrected chi connectivity index (χ0v) is 12.3. The Kier molecular flexibility index (Phi) is 4.68. The highest BCUT2D eigenvalue weighted by atomic mass is 32.2. The summed E-state index contributed by atoms with van der Waals surface area (Å²) in [6.45, 7) is 2.61. The van der Waals surface area contributed by atoms with Crippen molar-refractivity contribution in [2.75, 3.05) is 18.6 Å². The van der Waals surface area contributed by atoms with E-state index in [1.807, 2.05) is 36.6 Å². The molecule has 0 amide bonds. The number of esters is 1. The lowest BCUT2D eigenvalue weighted by Gasteiger charge is -2.05. The molecule has 0 fully saturated rings. The minimum atomic E-state index is -0.423. The van der Waals surface area contributed by atoms with E-state index in [0.29, 0.717) is 29.6 Å². The van der Waals surface area contributed by atoms with Crippen LogP contribution in [-0.2, 0) is 11.3 Å². The van der Waals surface area contributed by atoms with Crippen LogP contribution in [0.5, 0.6) is 0 Å². The molecule has 0 atom stereocenters. The topological polar surface area (TPSA) is 70.1 Å². The first-order valence-electron chi connectivity index (χ1n) is 6.28. The fourth-order valence-electron chi connectivity index (χ4n) is 1.87. The minimum absolute atomic E-state index is 0.315. The average molecular weight is 291 g/mol. The second kappa shape index (κ2) is 6.47. The zero-order valence-electron chi connectivity index (χ0n) is 11.5. The molecule has 1 aromatic heterocycles. The molecule has 106 valence electrons. The Morgan fingerprint density at radius 3 is 2.70 bits per heavy atom. The number of thioether (sulfide) groups is 1. The molecule has 0 aliphatic heterocycles. The fraction of sp³-hybridized carbons (Fsp3) is 0.286. The van der Waals surface area contributed by atoms with Gasteiger partial charge in [0.2, 0.25) is 0 Å². The number of hydrogen-bond acceptors (Lipinski definition) is 5. The number of hydrogen-bond donors (Lipinski definition) is 1. The van der Waals surface area contributed by atoms with Crippen LogP contribution in [0, 0.1) is 0 Å². The Hall–Kier alpha value is -1.95. The van der Waals surface area contributed by atoms with E-state index in [0.717, 1.165) is 5.56 Å². The Morgan fingerprint density at radius 1 is 1.40 bits per heavy atom. The number of nitrogens with two attached hydrogens (primary N) is 1. The number of nitrogen functional groups attached to an aromatic ring is 1. The number of anilines is 1. The number of carbonyl (C=O) groups is 1. The standard InChI is InChI=1S/C14H17N3O2S/c1-3-19-14(18)11-12(15)17(16-13(11)20-2)9-10-7-5-4-6-8-10/h4-8H,3,9,15H2,1-2H3. The SMILES string of the molecule is CCOC(=O)c1c(SC)nn(Cc2ccccc2)c1N. The quantitative estimate of drug-likeness (QED) is 0.676. The van der Waals surface area contributed by atoms with Gasteiger partial charge in [-0.2, -0.15) is 5.10 Å². The van der Waals surface area contributed by atoms with Gasteiger partial charge < -0.3 is 10.5 Å². The molecule has 0 unspecified atom stereocenters. The van der Waals surface area contributed by atoms with E-state index < -0.39 is 5.97 Å². The third-order valence-corrected chi connectivity index (χ3v) is 3.48. The monoisotopic (exact) mass is 291 g/mol. The summed E-state index contributed by atoms with van der Waals surface area (Å²) in [7, 11) is 0. The van der Waals surface area contributed by atoms with Crippen LogP contribution in [0.2, 0.25) is 0 Å².